The minimum atomic E-state index is -0.261. The van der Waals surface area contributed by atoms with E-state index in [2.05, 4.69) is 0 Å². The highest BCUT2D eigenvalue weighted by molar-refractivity contribution is 5.91. The molecule has 0 heterocycles. The SMILES string of the molecule is C\C=C/C=C(\C=C/C)C(=O)OCCC. The minimum Gasteiger partial charge on any atom is -0.462 e. The Morgan fingerprint density at radius 2 is 2.00 bits per heavy atom. The number of allylic oxidation sites excluding steroid dienone is 4. The van der Waals surface area contributed by atoms with Gasteiger partial charge in [0.1, 0.15) is 0 Å². The van der Waals surface area contributed by atoms with Crippen LogP contribution in [0.25, 0.3) is 0 Å². The topological polar surface area (TPSA) is 26.3 Å². The van der Waals surface area contributed by atoms with Gasteiger partial charge in [0, 0.05) is 0 Å². The first kappa shape index (κ1) is 12.7. The fourth-order valence-electron chi connectivity index (χ4n) is 0.849. The van der Waals surface area contributed by atoms with E-state index in [1.165, 1.54) is 0 Å². The Balaban J connectivity index is 4.41. The van der Waals surface area contributed by atoms with E-state index in [4.69, 9.17) is 4.74 Å². The third-order valence-electron chi connectivity index (χ3n) is 1.49. The van der Waals surface area contributed by atoms with Crippen molar-refractivity contribution in [1.82, 2.24) is 0 Å². The first-order chi connectivity index (χ1) is 6.76. The van der Waals surface area contributed by atoms with Crippen LogP contribution in [0.5, 0.6) is 0 Å². The monoisotopic (exact) mass is 194 g/mol. The zero-order valence-electron chi connectivity index (χ0n) is 9.12. The van der Waals surface area contributed by atoms with Crippen molar-refractivity contribution in [1.29, 1.82) is 0 Å². The molecule has 78 valence electrons. The van der Waals surface area contributed by atoms with Crippen molar-refractivity contribution in [3.8, 4) is 0 Å². The van der Waals surface area contributed by atoms with Gasteiger partial charge in [-0.15, -0.1) is 0 Å². The van der Waals surface area contributed by atoms with Crippen LogP contribution in [0.2, 0.25) is 0 Å². The van der Waals surface area contributed by atoms with Gasteiger partial charge in [-0.3, -0.25) is 0 Å². The predicted octanol–water partition coefficient (Wildman–Crippen LogP) is 3.02. The normalized spacial score (nSPS) is 12.6. The number of ether oxygens (including phenoxy) is 1. The summed E-state index contributed by atoms with van der Waals surface area (Å²) in [6.07, 6.45) is 9.86. The van der Waals surface area contributed by atoms with Gasteiger partial charge < -0.3 is 4.74 Å². The van der Waals surface area contributed by atoms with Gasteiger partial charge in [-0.2, -0.15) is 0 Å². The largest absolute Gasteiger partial charge is 0.462 e. The molecule has 0 radical (unpaired) electrons. The van der Waals surface area contributed by atoms with Crippen LogP contribution in [0.1, 0.15) is 27.2 Å². The molecule has 0 saturated heterocycles. The van der Waals surface area contributed by atoms with Crippen LogP contribution in [0, 0.1) is 0 Å². The summed E-state index contributed by atoms with van der Waals surface area (Å²) in [7, 11) is 0. The van der Waals surface area contributed by atoms with Gasteiger partial charge in [0.2, 0.25) is 0 Å². The van der Waals surface area contributed by atoms with Crippen molar-refractivity contribution in [3.63, 3.8) is 0 Å². The van der Waals surface area contributed by atoms with Crippen LogP contribution in [0.3, 0.4) is 0 Å². The molecular formula is C12H18O2. The fourth-order valence-corrected chi connectivity index (χ4v) is 0.849. The molecule has 0 amide bonds. The molecular weight excluding hydrogens is 176 g/mol. The molecule has 0 aromatic heterocycles. The lowest BCUT2D eigenvalue weighted by molar-refractivity contribution is -0.138. The molecule has 0 unspecified atom stereocenters. The minimum absolute atomic E-state index is 0.261. The molecule has 0 saturated carbocycles. The van der Waals surface area contributed by atoms with Crippen molar-refractivity contribution in [2.45, 2.75) is 27.2 Å². The van der Waals surface area contributed by atoms with Crippen molar-refractivity contribution in [3.05, 3.63) is 36.0 Å². The lowest BCUT2D eigenvalue weighted by atomic mass is 10.2. The molecule has 14 heavy (non-hydrogen) atoms. The molecule has 0 fully saturated rings. The molecule has 2 nitrogen and oxygen atoms in total. The molecule has 2 heteroatoms. The molecule has 0 atom stereocenters. The van der Waals surface area contributed by atoms with Gasteiger partial charge in [-0.1, -0.05) is 31.2 Å². The number of carbonyl (C=O) groups is 1. The standard InChI is InChI=1S/C12H18O2/c1-4-7-9-11(8-5-2)12(13)14-10-6-3/h4-5,7-9H,6,10H2,1-3H3/b7-4-,8-5-,11-9+. The molecule has 0 aliphatic carbocycles. The van der Waals surface area contributed by atoms with Crippen molar-refractivity contribution in [2.75, 3.05) is 6.61 Å². The van der Waals surface area contributed by atoms with Gasteiger partial charge in [0.15, 0.2) is 0 Å². The highest BCUT2D eigenvalue weighted by Gasteiger charge is 2.05. The Bertz CT molecular complexity index is 247. The van der Waals surface area contributed by atoms with Gasteiger partial charge in [-0.25, -0.2) is 4.79 Å². The molecule has 0 N–H and O–H groups in total. The lowest BCUT2D eigenvalue weighted by Gasteiger charge is -2.02. The molecule has 0 aliphatic rings. The highest BCUT2D eigenvalue weighted by atomic mass is 16.5. The Kier molecular flexibility index (Phi) is 7.52. The molecule has 0 aromatic carbocycles. The Hall–Kier alpha value is -1.31. The average molecular weight is 194 g/mol. The maximum Gasteiger partial charge on any atom is 0.338 e. The number of hydrogen-bond acceptors (Lipinski definition) is 2. The van der Waals surface area contributed by atoms with Crippen LogP contribution in [0.4, 0.5) is 0 Å². The summed E-state index contributed by atoms with van der Waals surface area (Å²) in [5, 5.41) is 0. The summed E-state index contributed by atoms with van der Waals surface area (Å²) >= 11 is 0. The van der Waals surface area contributed by atoms with E-state index in [9.17, 15) is 4.79 Å². The quantitative estimate of drug-likeness (QED) is 0.382. The second kappa shape index (κ2) is 8.30. The first-order valence-electron chi connectivity index (χ1n) is 4.89. The van der Waals surface area contributed by atoms with Gasteiger partial charge in [0.25, 0.3) is 0 Å². The second-order valence-corrected chi connectivity index (χ2v) is 2.78. The zero-order valence-corrected chi connectivity index (χ0v) is 9.12. The van der Waals surface area contributed by atoms with Crippen LogP contribution in [-0.4, -0.2) is 12.6 Å². The zero-order chi connectivity index (χ0) is 10.8. The summed E-state index contributed by atoms with van der Waals surface area (Å²) in [6.45, 7) is 6.22. The van der Waals surface area contributed by atoms with Gasteiger partial charge >= 0.3 is 5.97 Å². The Morgan fingerprint density at radius 1 is 1.29 bits per heavy atom. The molecule has 0 rings (SSSR count). The number of hydrogen-bond donors (Lipinski definition) is 0. The summed E-state index contributed by atoms with van der Waals surface area (Å²) in [4.78, 5) is 11.4. The van der Waals surface area contributed by atoms with Gasteiger partial charge in [0.05, 0.1) is 12.2 Å². The van der Waals surface area contributed by atoms with Crippen LogP contribution >= 0.6 is 0 Å². The average Bonchev–Trinajstić information content (AvgIpc) is 2.20. The Labute approximate surface area is 86.0 Å². The van der Waals surface area contributed by atoms with E-state index in [-0.39, 0.29) is 5.97 Å². The van der Waals surface area contributed by atoms with Crippen molar-refractivity contribution in [2.24, 2.45) is 0 Å². The van der Waals surface area contributed by atoms with E-state index >= 15 is 0 Å². The molecule has 0 aliphatic heterocycles. The van der Waals surface area contributed by atoms with Crippen molar-refractivity contribution >= 4 is 5.97 Å². The lowest BCUT2D eigenvalue weighted by Crippen LogP contribution is -2.06. The predicted molar refractivity (Wildman–Crippen MR) is 59.0 cm³/mol. The van der Waals surface area contributed by atoms with E-state index in [0.717, 1.165) is 6.42 Å². The molecule has 0 aromatic rings. The van der Waals surface area contributed by atoms with Gasteiger partial charge in [-0.05, 0) is 26.3 Å². The third-order valence-corrected chi connectivity index (χ3v) is 1.49. The maximum atomic E-state index is 11.4. The number of esters is 1. The van der Waals surface area contributed by atoms with E-state index in [1.54, 1.807) is 12.2 Å². The van der Waals surface area contributed by atoms with E-state index in [0.29, 0.717) is 12.2 Å². The molecule has 0 spiro atoms. The van der Waals surface area contributed by atoms with E-state index in [1.807, 2.05) is 39.0 Å². The van der Waals surface area contributed by atoms with Crippen molar-refractivity contribution < 1.29 is 9.53 Å². The smallest absolute Gasteiger partial charge is 0.338 e. The summed E-state index contributed by atoms with van der Waals surface area (Å²) in [5.41, 5.74) is 0.582. The third kappa shape index (κ3) is 5.36. The van der Waals surface area contributed by atoms with Crippen LogP contribution in [-0.2, 0) is 9.53 Å². The molecule has 0 bridgehead atoms. The summed E-state index contributed by atoms with van der Waals surface area (Å²) in [6, 6.07) is 0. The number of rotatable bonds is 5. The Morgan fingerprint density at radius 3 is 2.50 bits per heavy atom. The van der Waals surface area contributed by atoms with Crippen LogP contribution in [0.15, 0.2) is 36.0 Å². The van der Waals surface area contributed by atoms with Crippen LogP contribution < -0.4 is 0 Å². The first-order valence-corrected chi connectivity index (χ1v) is 4.89. The second-order valence-electron chi connectivity index (χ2n) is 2.78. The summed E-state index contributed by atoms with van der Waals surface area (Å²) in [5.74, 6) is -0.261. The van der Waals surface area contributed by atoms with E-state index < -0.39 is 0 Å². The maximum absolute atomic E-state index is 11.4. The fraction of sp³-hybridized carbons (Fsp3) is 0.417. The highest BCUT2D eigenvalue weighted by Crippen LogP contribution is 2.02. The number of carbonyl (C=O) groups excluding carboxylic acids is 1. The summed E-state index contributed by atoms with van der Waals surface area (Å²) < 4.78 is 5.01.